The molecule has 2 N–H and O–H groups in total. The van der Waals surface area contributed by atoms with E-state index in [-0.39, 0.29) is 11.2 Å². The van der Waals surface area contributed by atoms with Gasteiger partial charge >= 0.3 is 0 Å². The minimum atomic E-state index is -4.19. The Hall–Kier alpha value is -2.18. The average molecular weight is 431 g/mol. The highest BCUT2D eigenvalue weighted by Gasteiger charge is 2.56. The molecule has 2 fully saturated rings. The van der Waals surface area contributed by atoms with E-state index in [1.165, 1.54) is 25.6 Å². The number of nitrogens with two attached hydrogens (primary N) is 1. The predicted octanol–water partition coefficient (Wildman–Crippen LogP) is 1.52. The first-order chi connectivity index (χ1) is 13.6. The lowest BCUT2D eigenvalue weighted by atomic mass is 9.60. The topological polar surface area (TPSA) is 102 Å². The highest BCUT2D eigenvalue weighted by molar-refractivity contribution is 7.86. The SMILES string of the molecule is COc1cc2ncnc(N3CC4(CC(N(CC(F)F)S(N)(=O)=O)C4)C3)c2cc1F. The highest BCUT2D eigenvalue weighted by atomic mass is 32.2. The van der Waals surface area contributed by atoms with Crippen LogP contribution in [0.2, 0.25) is 0 Å². The Morgan fingerprint density at radius 2 is 2.03 bits per heavy atom. The van der Waals surface area contributed by atoms with Crippen LogP contribution >= 0.6 is 0 Å². The second kappa shape index (κ2) is 6.96. The predicted molar refractivity (Wildman–Crippen MR) is 99.5 cm³/mol. The van der Waals surface area contributed by atoms with E-state index in [1.807, 2.05) is 4.90 Å². The van der Waals surface area contributed by atoms with Gasteiger partial charge in [0.25, 0.3) is 16.6 Å². The summed E-state index contributed by atoms with van der Waals surface area (Å²) in [5.74, 6) is 0.137. The van der Waals surface area contributed by atoms with E-state index in [1.54, 1.807) is 0 Å². The van der Waals surface area contributed by atoms with Crippen LogP contribution in [-0.2, 0) is 10.2 Å². The average Bonchev–Trinajstić information content (AvgIpc) is 2.56. The zero-order chi connectivity index (χ0) is 21.0. The Balaban J connectivity index is 1.48. The van der Waals surface area contributed by atoms with Crippen molar-refractivity contribution in [3.63, 3.8) is 0 Å². The molecule has 0 radical (unpaired) electrons. The van der Waals surface area contributed by atoms with Crippen LogP contribution in [0.5, 0.6) is 5.75 Å². The van der Waals surface area contributed by atoms with Crippen LogP contribution in [0.15, 0.2) is 18.5 Å². The summed E-state index contributed by atoms with van der Waals surface area (Å²) >= 11 is 0. The Kier molecular flexibility index (Phi) is 4.82. The maximum Gasteiger partial charge on any atom is 0.277 e. The molecule has 1 saturated heterocycles. The number of hydrogen-bond acceptors (Lipinski definition) is 6. The molecule has 8 nitrogen and oxygen atoms in total. The molecule has 158 valence electrons. The van der Waals surface area contributed by atoms with Gasteiger partial charge < -0.3 is 9.64 Å². The highest BCUT2D eigenvalue weighted by Crippen LogP contribution is 2.52. The Morgan fingerprint density at radius 3 is 2.62 bits per heavy atom. The van der Waals surface area contributed by atoms with Crippen molar-refractivity contribution in [2.75, 3.05) is 31.6 Å². The molecular formula is C17H20F3N5O3S. The lowest BCUT2D eigenvalue weighted by Crippen LogP contribution is -2.68. The number of anilines is 1. The second-order valence-electron chi connectivity index (χ2n) is 7.63. The summed E-state index contributed by atoms with van der Waals surface area (Å²) in [5.41, 5.74) is 0.357. The van der Waals surface area contributed by atoms with E-state index < -0.39 is 35.0 Å². The third-order valence-electron chi connectivity index (χ3n) is 5.63. The fraction of sp³-hybridized carbons (Fsp3) is 0.529. The van der Waals surface area contributed by atoms with Crippen molar-refractivity contribution in [2.24, 2.45) is 10.6 Å². The van der Waals surface area contributed by atoms with Gasteiger partial charge in [-0.3, -0.25) is 0 Å². The van der Waals surface area contributed by atoms with Crippen molar-refractivity contribution in [2.45, 2.75) is 25.3 Å². The fourth-order valence-electron chi connectivity index (χ4n) is 4.36. The molecule has 29 heavy (non-hydrogen) atoms. The summed E-state index contributed by atoms with van der Waals surface area (Å²) in [6, 6.07) is 2.28. The van der Waals surface area contributed by atoms with Crippen molar-refractivity contribution < 1.29 is 26.3 Å². The van der Waals surface area contributed by atoms with Gasteiger partial charge in [0.05, 0.1) is 19.2 Å². The second-order valence-corrected chi connectivity index (χ2v) is 9.12. The molecule has 4 rings (SSSR count). The normalized spacial score (nSPS) is 19.1. The molecule has 1 spiro atoms. The zero-order valence-corrected chi connectivity index (χ0v) is 16.4. The van der Waals surface area contributed by atoms with Gasteiger partial charge in [-0.15, -0.1) is 0 Å². The summed E-state index contributed by atoms with van der Waals surface area (Å²) in [6.45, 7) is 0.230. The first kappa shape index (κ1) is 20.1. The van der Waals surface area contributed by atoms with Crippen molar-refractivity contribution in [3.8, 4) is 5.75 Å². The van der Waals surface area contributed by atoms with Gasteiger partial charge in [-0.05, 0) is 18.9 Å². The quantitative estimate of drug-likeness (QED) is 0.744. The van der Waals surface area contributed by atoms with Gasteiger partial charge in [0.1, 0.15) is 12.1 Å². The first-order valence-corrected chi connectivity index (χ1v) is 10.4. The molecule has 0 bridgehead atoms. The number of rotatable bonds is 6. The molecule has 1 saturated carbocycles. The van der Waals surface area contributed by atoms with Gasteiger partial charge in [-0.2, -0.15) is 12.7 Å². The van der Waals surface area contributed by atoms with Crippen molar-refractivity contribution in [3.05, 3.63) is 24.3 Å². The zero-order valence-electron chi connectivity index (χ0n) is 15.6. The largest absolute Gasteiger partial charge is 0.494 e. The third-order valence-corrected chi connectivity index (χ3v) is 6.73. The van der Waals surface area contributed by atoms with Crippen LogP contribution in [0.3, 0.4) is 0 Å². The maximum atomic E-state index is 14.1. The van der Waals surface area contributed by atoms with Crippen LogP contribution in [0.1, 0.15) is 12.8 Å². The first-order valence-electron chi connectivity index (χ1n) is 8.93. The van der Waals surface area contributed by atoms with Crippen molar-refractivity contribution in [1.82, 2.24) is 14.3 Å². The minimum absolute atomic E-state index is 0.0891. The minimum Gasteiger partial charge on any atom is -0.494 e. The molecule has 1 aliphatic carbocycles. The number of ether oxygens (including phenoxy) is 1. The van der Waals surface area contributed by atoms with E-state index in [0.29, 0.717) is 47.0 Å². The molecule has 0 amide bonds. The van der Waals surface area contributed by atoms with E-state index >= 15 is 0 Å². The number of fused-ring (bicyclic) bond motifs is 1. The fourth-order valence-corrected chi connectivity index (χ4v) is 5.25. The summed E-state index contributed by atoms with van der Waals surface area (Å²) in [4.78, 5) is 10.4. The Labute approximate surface area is 165 Å². The number of halogens is 3. The van der Waals surface area contributed by atoms with E-state index in [2.05, 4.69) is 9.97 Å². The van der Waals surface area contributed by atoms with Gasteiger partial charge in [0.15, 0.2) is 11.6 Å². The van der Waals surface area contributed by atoms with Gasteiger partial charge in [0, 0.05) is 36.0 Å². The number of nitrogens with zero attached hydrogens (tertiary/aromatic N) is 4. The van der Waals surface area contributed by atoms with Crippen molar-refractivity contribution in [1.29, 1.82) is 0 Å². The van der Waals surface area contributed by atoms with Crippen LogP contribution < -0.4 is 14.8 Å². The molecule has 1 aromatic heterocycles. The summed E-state index contributed by atoms with van der Waals surface area (Å²) in [7, 11) is -2.82. The number of alkyl halides is 2. The number of methoxy groups -OCH3 is 1. The number of hydrogen-bond donors (Lipinski definition) is 1. The van der Waals surface area contributed by atoms with Gasteiger partial charge in [-0.1, -0.05) is 0 Å². The smallest absolute Gasteiger partial charge is 0.277 e. The van der Waals surface area contributed by atoms with Crippen LogP contribution in [0.25, 0.3) is 10.9 Å². The third kappa shape index (κ3) is 3.60. The molecule has 2 heterocycles. The Bertz CT molecular complexity index is 1040. The molecule has 12 heteroatoms. The lowest BCUT2D eigenvalue weighted by molar-refractivity contribution is -0.00435. The van der Waals surface area contributed by atoms with E-state index in [0.717, 1.165) is 0 Å². The van der Waals surface area contributed by atoms with Crippen LogP contribution in [0, 0.1) is 11.2 Å². The van der Waals surface area contributed by atoms with Gasteiger partial charge in [-0.25, -0.2) is 28.3 Å². The molecule has 0 unspecified atom stereocenters. The number of aromatic nitrogens is 2. The lowest BCUT2D eigenvalue weighted by Gasteiger charge is -2.60. The molecule has 0 atom stereocenters. The maximum absolute atomic E-state index is 14.1. The molecular weight excluding hydrogens is 411 g/mol. The monoisotopic (exact) mass is 431 g/mol. The van der Waals surface area contributed by atoms with E-state index in [4.69, 9.17) is 9.88 Å². The van der Waals surface area contributed by atoms with Crippen LogP contribution in [0.4, 0.5) is 19.0 Å². The van der Waals surface area contributed by atoms with Crippen LogP contribution in [-0.4, -0.2) is 61.9 Å². The molecule has 2 aromatic rings. The van der Waals surface area contributed by atoms with E-state index in [9.17, 15) is 21.6 Å². The molecule has 1 aliphatic heterocycles. The summed E-state index contributed by atoms with van der Waals surface area (Å²) < 4.78 is 68.5. The molecule has 2 aliphatic rings. The Morgan fingerprint density at radius 1 is 1.34 bits per heavy atom. The number of benzene rings is 1. The molecule has 1 aromatic carbocycles. The summed E-state index contributed by atoms with van der Waals surface area (Å²) in [5, 5.41) is 5.64. The summed E-state index contributed by atoms with van der Waals surface area (Å²) in [6.07, 6.45) is -0.521. The van der Waals surface area contributed by atoms with Gasteiger partial charge in [0.2, 0.25) is 0 Å². The van der Waals surface area contributed by atoms with Crippen molar-refractivity contribution >= 4 is 26.9 Å². The standard InChI is InChI=1S/C17H20F3N5O3S/c1-28-14-3-13-11(2-12(14)18)16(23-9-22-13)24-7-17(8-24)4-10(5-17)25(6-15(19)20)29(21,26)27/h2-3,9-10,15H,4-8H2,1H3,(H2,21,26,27).